The van der Waals surface area contributed by atoms with Crippen LogP contribution in [0.25, 0.3) is 0 Å². The number of carbonyl (C=O) groups excluding carboxylic acids is 1. The molecular weight excluding hydrogens is 338 g/mol. The Morgan fingerprint density at radius 3 is 2.27 bits per heavy atom. The van der Waals surface area contributed by atoms with E-state index >= 15 is 0 Å². The van der Waals surface area contributed by atoms with Gasteiger partial charge in [0, 0.05) is 0 Å². The van der Waals surface area contributed by atoms with Crippen LogP contribution < -0.4 is 9.47 Å². The van der Waals surface area contributed by atoms with Crippen molar-refractivity contribution in [2.24, 2.45) is 11.8 Å². The van der Waals surface area contributed by atoms with Gasteiger partial charge in [0.25, 0.3) is 0 Å². The minimum Gasteiger partial charge on any atom is -0.490 e. The lowest BCUT2D eigenvalue weighted by atomic mass is 9.80. The van der Waals surface area contributed by atoms with Crippen LogP contribution in [0.2, 0.25) is 0 Å². The molecule has 0 amide bonds. The Bertz CT molecular complexity index is 581. The Hall–Kier alpha value is -1.65. The van der Waals surface area contributed by atoms with Gasteiger partial charge < -0.3 is 9.47 Å². The number of esters is 1. The maximum atomic E-state index is 14.2. The summed E-state index contributed by atoms with van der Waals surface area (Å²) in [5, 5.41) is 0. The van der Waals surface area contributed by atoms with Gasteiger partial charge in [-0.05, 0) is 50.2 Å². The van der Waals surface area contributed by atoms with Gasteiger partial charge in [0.05, 0.1) is 12.5 Å². The lowest BCUT2D eigenvalue weighted by molar-refractivity contribution is -0.140. The van der Waals surface area contributed by atoms with Crippen molar-refractivity contribution in [3.05, 3.63) is 23.8 Å². The van der Waals surface area contributed by atoms with Crippen molar-refractivity contribution in [1.82, 2.24) is 0 Å². The summed E-state index contributed by atoms with van der Waals surface area (Å²) in [7, 11) is 0. The molecule has 0 N–H and O–H groups in total. The average molecular weight is 368 g/mol. The van der Waals surface area contributed by atoms with E-state index in [1.165, 1.54) is 31.4 Å². The molecule has 1 aromatic rings. The topological polar surface area (TPSA) is 35.5 Å². The predicted molar refractivity (Wildman–Crippen MR) is 97.4 cm³/mol. The molecule has 146 valence electrons. The van der Waals surface area contributed by atoms with Gasteiger partial charge in [0.2, 0.25) is 11.6 Å². The molecule has 3 nitrogen and oxygen atoms in total. The highest BCUT2D eigenvalue weighted by molar-refractivity contribution is 5.75. The Kier molecular flexibility index (Phi) is 8.33. The van der Waals surface area contributed by atoms with Crippen molar-refractivity contribution in [3.8, 4) is 11.5 Å². The van der Waals surface area contributed by atoms with E-state index in [4.69, 9.17) is 9.47 Å². The van der Waals surface area contributed by atoms with Crippen LogP contribution in [-0.4, -0.2) is 12.6 Å². The van der Waals surface area contributed by atoms with Crippen molar-refractivity contribution >= 4 is 5.97 Å². The van der Waals surface area contributed by atoms with E-state index in [2.05, 4.69) is 6.92 Å². The highest BCUT2D eigenvalue weighted by atomic mass is 19.2. The zero-order valence-corrected chi connectivity index (χ0v) is 15.9. The summed E-state index contributed by atoms with van der Waals surface area (Å²) < 4.78 is 38.6. The number of hydrogen-bond donors (Lipinski definition) is 0. The van der Waals surface area contributed by atoms with E-state index in [-0.39, 0.29) is 17.4 Å². The maximum Gasteiger partial charge on any atom is 0.314 e. The monoisotopic (exact) mass is 368 g/mol. The normalized spacial score (nSPS) is 20.0. The quantitative estimate of drug-likeness (QED) is 0.302. The number of halogens is 2. The van der Waals surface area contributed by atoms with Crippen molar-refractivity contribution in [1.29, 1.82) is 0 Å². The third-order valence-electron chi connectivity index (χ3n) is 5.12. The highest BCUT2D eigenvalue weighted by Crippen LogP contribution is 2.34. The van der Waals surface area contributed by atoms with Crippen LogP contribution in [0.4, 0.5) is 8.78 Å². The van der Waals surface area contributed by atoms with Crippen LogP contribution in [0.15, 0.2) is 12.1 Å². The molecule has 1 aromatic carbocycles. The molecule has 26 heavy (non-hydrogen) atoms. The molecule has 5 heteroatoms. The smallest absolute Gasteiger partial charge is 0.314 e. The lowest BCUT2D eigenvalue weighted by Gasteiger charge is -2.27. The van der Waals surface area contributed by atoms with Gasteiger partial charge in [-0.1, -0.05) is 39.5 Å². The molecule has 0 spiro atoms. The minimum absolute atomic E-state index is 0.146. The van der Waals surface area contributed by atoms with Gasteiger partial charge in [-0.15, -0.1) is 0 Å². The van der Waals surface area contributed by atoms with Crippen molar-refractivity contribution in [3.63, 3.8) is 0 Å². The van der Waals surface area contributed by atoms with E-state index in [1.54, 1.807) is 0 Å². The van der Waals surface area contributed by atoms with Crippen molar-refractivity contribution in [2.75, 3.05) is 6.61 Å². The maximum absolute atomic E-state index is 14.2. The zero-order chi connectivity index (χ0) is 18.9. The summed E-state index contributed by atoms with van der Waals surface area (Å²) in [6.07, 6.45) is 8.80. The van der Waals surface area contributed by atoms with Crippen LogP contribution in [0, 0.1) is 23.5 Å². The molecule has 0 radical (unpaired) electrons. The molecule has 0 saturated heterocycles. The lowest BCUT2D eigenvalue weighted by Crippen LogP contribution is -2.26. The summed E-state index contributed by atoms with van der Waals surface area (Å²) in [4.78, 5) is 12.3. The molecule has 0 aliphatic heterocycles. The van der Waals surface area contributed by atoms with Crippen LogP contribution in [0.5, 0.6) is 11.5 Å². The molecule has 0 aromatic heterocycles. The first-order chi connectivity index (χ1) is 12.6. The van der Waals surface area contributed by atoms with Gasteiger partial charge in [-0.2, -0.15) is 8.78 Å². The average Bonchev–Trinajstić information content (AvgIpc) is 2.66. The summed E-state index contributed by atoms with van der Waals surface area (Å²) >= 11 is 0. The van der Waals surface area contributed by atoms with E-state index < -0.39 is 17.6 Å². The van der Waals surface area contributed by atoms with Crippen molar-refractivity contribution in [2.45, 2.75) is 71.6 Å². The van der Waals surface area contributed by atoms with Crippen LogP contribution >= 0.6 is 0 Å². The van der Waals surface area contributed by atoms with Gasteiger partial charge in [-0.25, -0.2) is 0 Å². The van der Waals surface area contributed by atoms with Crippen LogP contribution in [0.1, 0.15) is 71.6 Å². The van der Waals surface area contributed by atoms with Crippen LogP contribution in [0.3, 0.4) is 0 Å². The standard InChI is InChI=1S/C21H30F2O3/c1-3-5-7-15-8-10-16(11-9-15)21(24)26-18-13-12-17(19(22)20(18)23)25-14-6-4-2/h12-13,15-16H,3-11,14H2,1-2H3. The Labute approximate surface area is 155 Å². The number of benzene rings is 1. The van der Waals surface area contributed by atoms with Gasteiger partial charge in [0.15, 0.2) is 11.5 Å². The first-order valence-electron chi connectivity index (χ1n) is 9.89. The molecule has 0 bridgehead atoms. The van der Waals surface area contributed by atoms with Crippen molar-refractivity contribution < 1.29 is 23.0 Å². The summed E-state index contributed by atoms with van der Waals surface area (Å²) in [6.45, 7) is 4.49. The molecule has 0 unspecified atom stereocenters. The number of ether oxygens (including phenoxy) is 2. The predicted octanol–water partition coefficient (Wildman–Crippen LogP) is 6.05. The van der Waals surface area contributed by atoms with Gasteiger partial charge in [-0.3, -0.25) is 4.79 Å². The molecule has 0 heterocycles. The Balaban J connectivity index is 1.90. The summed E-state index contributed by atoms with van der Waals surface area (Å²) in [5.41, 5.74) is 0. The van der Waals surface area contributed by atoms with E-state index in [1.807, 2.05) is 6.92 Å². The largest absolute Gasteiger partial charge is 0.490 e. The fourth-order valence-electron chi connectivity index (χ4n) is 3.40. The number of hydrogen-bond acceptors (Lipinski definition) is 3. The molecule has 2 rings (SSSR count). The fourth-order valence-corrected chi connectivity index (χ4v) is 3.40. The molecule has 1 saturated carbocycles. The Morgan fingerprint density at radius 1 is 1.00 bits per heavy atom. The van der Waals surface area contributed by atoms with E-state index in [9.17, 15) is 13.6 Å². The second-order valence-electron chi connectivity index (χ2n) is 7.17. The minimum atomic E-state index is -1.16. The number of rotatable bonds is 9. The highest BCUT2D eigenvalue weighted by Gasteiger charge is 2.28. The SMILES string of the molecule is CCCCOc1ccc(OC(=O)C2CCC(CCCC)CC2)c(F)c1F. The molecule has 1 aliphatic rings. The number of unbranched alkanes of at least 4 members (excludes halogenated alkanes) is 2. The second-order valence-corrected chi connectivity index (χ2v) is 7.17. The first-order valence-corrected chi connectivity index (χ1v) is 9.89. The third kappa shape index (κ3) is 5.68. The fraction of sp³-hybridized carbons (Fsp3) is 0.667. The van der Waals surface area contributed by atoms with E-state index in [0.717, 1.165) is 38.5 Å². The zero-order valence-electron chi connectivity index (χ0n) is 15.9. The molecule has 0 atom stereocenters. The first kappa shape index (κ1) is 20.7. The van der Waals surface area contributed by atoms with Crippen LogP contribution in [-0.2, 0) is 4.79 Å². The third-order valence-corrected chi connectivity index (χ3v) is 5.12. The summed E-state index contributed by atoms with van der Waals surface area (Å²) in [5.74, 6) is -2.78. The van der Waals surface area contributed by atoms with Gasteiger partial charge >= 0.3 is 5.97 Å². The second kappa shape index (κ2) is 10.5. The summed E-state index contributed by atoms with van der Waals surface area (Å²) in [6, 6.07) is 2.59. The number of carbonyl (C=O) groups is 1. The Morgan fingerprint density at radius 2 is 1.62 bits per heavy atom. The van der Waals surface area contributed by atoms with E-state index in [0.29, 0.717) is 12.5 Å². The van der Waals surface area contributed by atoms with Gasteiger partial charge in [0.1, 0.15) is 0 Å². The molecular formula is C21H30F2O3. The molecule has 1 fully saturated rings. The molecule has 1 aliphatic carbocycles.